The van der Waals surface area contributed by atoms with Crippen LogP contribution in [0.4, 0.5) is 0 Å². The van der Waals surface area contributed by atoms with Gasteiger partial charge in [-0.1, -0.05) is 54.6 Å². The summed E-state index contributed by atoms with van der Waals surface area (Å²) in [7, 11) is 0. The number of benzene rings is 3. The van der Waals surface area contributed by atoms with E-state index in [2.05, 4.69) is 39.6 Å². The van der Waals surface area contributed by atoms with Crippen molar-refractivity contribution < 1.29 is 9.53 Å². The van der Waals surface area contributed by atoms with Crippen LogP contribution in [0, 0.1) is 0 Å². The Morgan fingerprint density at radius 1 is 0.971 bits per heavy atom. The van der Waals surface area contributed by atoms with Gasteiger partial charge in [-0.25, -0.2) is 0 Å². The molecule has 0 unspecified atom stereocenters. The molecular weight excluding hydrogens is 442 g/mol. The fraction of sp³-hybridized carbons (Fsp3) is 0.107. The van der Waals surface area contributed by atoms with E-state index in [0.29, 0.717) is 22.0 Å². The normalized spacial score (nSPS) is 20.4. The molecule has 2 atom stereocenters. The second-order valence-electron chi connectivity index (χ2n) is 8.34. The Morgan fingerprint density at radius 3 is 2.59 bits per heavy atom. The molecule has 6 rings (SSSR count). The predicted octanol–water partition coefficient (Wildman–Crippen LogP) is 6.14. The van der Waals surface area contributed by atoms with Crippen LogP contribution in [0.1, 0.15) is 23.5 Å². The highest BCUT2D eigenvalue weighted by atomic mass is 32.2. The highest BCUT2D eigenvalue weighted by molar-refractivity contribution is 8.18. The number of para-hydroxylation sites is 1. The summed E-state index contributed by atoms with van der Waals surface area (Å²) in [6.07, 6.45) is 4.67. The van der Waals surface area contributed by atoms with Crippen molar-refractivity contribution in [3.05, 3.63) is 107 Å². The van der Waals surface area contributed by atoms with Crippen LogP contribution in [0.25, 0.3) is 17.0 Å². The SMILES string of the molecule is O=C1N=C(N[C@H]2C[C@@H]2c2ccccc2)S/C1=C\c1ccc2nccc(Oc3ccccc3)c2c1. The summed E-state index contributed by atoms with van der Waals surface area (Å²) in [5.41, 5.74) is 3.06. The number of rotatable bonds is 5. The molecule has 1 amide bonds. The number of carbonyl (C=O) groups excluding carboxylic acids is 1. The van der Waals surface area contributed by atoms with E-state index in [1.54, 1.807) is 6.20 Å². The predicted molar refractivity (Wildman–Crippen MR) is 137 cm³/mol. The summed E-state index contributed by atoms with van der Waals surface area (Å²) < 4.78 is 6.09. The number of hydrogen-bond acceptors (Lipinski definition) is 5. The van der Waals surface area contributed by atoms with Gasteiger partial charge in [0.1, 0.15) is 11.5 Å². The molecule has 1 aliphatic carbocycles. The minimum atomic E-state index is -0.212. The minimum Gasteiger partial charge on any atom is -0.457 e. The lowest BCUT2D eigenvalue weighted by atomic mass is 10.1. The molecule has 0 bridgehead atoms. The average Bonchev–Trinajstić information content (AvgIpc) is 3.55. The van der Waals surface area contributed by atoms with Gasteiger partial charge in [0.15, 0.2) is 5.17 Å². The highest BCUT2D eigenvalue weighted by Crippen LogP contribution is 2.42. The monoisotopic (exact) mass is 463 g/mol. The van der Waals surface area contributed by atoms with Gasteiger partial charge < -0.3 is 10.1 Å². The summed E-state index contributed by atoms with van der Waals surface area (Å²) in [4.78, 5) is 21.8. The van der Waals surface area contributed by atoms with Crippen LogP contribution in [-0.2, 0) is 4.79 Å². The van der Waals surface area contributed by atoms with Gasteiger partial charge in [-0.05, 0) is 65.7 Å². The number of aromatic nitrogens is 1. The van der Waals surface area contributed by atoms with E-state index in [1.165, 1.54) is 17.3 Å². The van der Waals surface area contributed by atoms with E-state index < -0.39 is 0 Å². The van der Waals surface area contributed by atoms with Gasteiger partial charge in [0.2, 0.25) is 0 Å². The summed E-state index contributed by atoms with van der Waals surface area (Å²) in [5, 5.41) is 5.00. The van der Waals surface area contributed by atoms with Crippen molar-refractivity contribution in [3.8, 4) is 11.5 Å². The fourth-order valence-corrected chi connectivity index (χ4v) is 5.01. The number of aliphatic imine (C=N–C) groups is 1. The Hall–Kier alpha value is -3.90. The number of nitrogens with zero attached hydrogens (tertiary/aromatic N) is 2. The third kappa shape index (κ3) is 4.32. The van der Waals surface area contributed by atoms with Crippen LogP contribution in [0.2, 0.25) is 0 Å². The number of ether oxygens (including phenoxy) is 1. The number of carbonyl (C=O) groups is 1. The maximum atomic E-state index is 12.6. The molecular formula is C28H21N3O2S. The van der Waals surface area contributed by atoms with Gasteiger partial charge in [0, 0.05) is 23.5 Å². The third-order valence-corrected chi connectivity index (χ3v) is 6.86. The van der Waals surface area contributed by atoms with E-state index in [1.807, 2.05) is 66.7 Å². The standard InChI is InChI=1S/C28H21N3O2S/c32-27-26(34-28(31-27)30-24-17-21(24)19-7-3-1-4-8-19)16-18-11-12-23-22(15-18)25(13-14-29-23)33-20-9-5-2-6-10-20/h1-16,21,24H,17H2,(H,30,31,32)/b26-16-/t21-,24+/m1/s1. The van der Waals surface area contributed by atoms with Gasteiger partial charge in [0.05, 0.1) is 10.4 Å². The topological polar surface area (TPSA) is 63.6 Å². The molecule has 1 fully saturated rings. The zero-order chi connectivity index (χ0) is 22.9. The van der Waals surface area contributed by atoms with Crippen molar-refractivity contribution in [1.29, 1.82) is 0 Å². The maximum absolute atomic E-state index is 12.6. The van der Waals surface area contributed by atoms with Gasteiger partial charge in [-0.2, -0.15) is 4.99 Å². The van der Waals surface area contributed by atoms with Crippen molar-refractivity contribution in [2.75, 3.05) is 0 Å². The van der Waals surface area contributed by atoms with Gasteiger partial charge in [0.25, 0.3) is 5.91 Å². The van der Waals surface area contributed by atoms with Gasteiger partial charge >= 0.3 is 0 Å². The molecule has 1 aliphatic heterocycles. The summed E-state index contributed by atoms with van der Waals surface area (Å²) in [6.45, 7) is 0. The van der Waals surface area contributed by atoms with E-state index >= 15 is 0 Å². The Bertz CT molecular complexity index is 1430. The number of thioether (sulfide) groups is 1. The molecule has 3 aromatic carbocycles. The molecule has 2 aliphatic rings. The first kappa shape index (κ1) is 20.7. The lowest BCUT2D eigenvalue weighted by Gasteiger charge is -2.09. The Labute approximate surface area is 201 Å². The minimum absolute atomic E-state index is 0.212. The number of hydrogen-bond donors (Lipinski definition) is 1. The van der Waals surface area contributed by atoms with Crippen LogP contribution in [0.3, 0.4) is 0 Å². The zero-order valence-corrected chi connectivity index (χ0v) is 19.0. The van der Waals surface area contributed by atoms with Crippen molar-refractivity contribution in [2.24, 2.45) is 4.99 Å². The first-order valence-corrected chi connectivity index (χ1v) is 12.0. The average molecular weight is 464 g/mol. The lowest BCUT2D eigenvalue weighted by Crippen LogP contribution is -2.22. The highest BCUT2D eigenvalue weighted by Gasteiger charge is 2.40. The van der Waals surface area contributed by atoms with Crippen molar-refractivity contribution in [3.63, 3.8) is 0 Å². The Kier molecular flexibility index (Phi) is 5.35. The molecule has 0 saturated heterocycles. The van der Waals surface area contributed by atoms with E-state index in [4.69, 9.17) is 4.74 Å². The van der Waals surface area contributed by atoms with Crippen LogP contribution in [-0.4, -0.2) is 22.1 Å². The zero-order valence-electron chi connectivity index (χ0n) is 18.2. The molecule has 166 valence electrons. The molecule has 2 heterocycles. The molecule has 1 N–H and O–H groups in total. The van der Waals surface area contributed by atoms with Crippen molar-refractivity contribution >= 4 is 39.8 Å². The lowest BCUT2D eigenvalue weighted by molar-refractivity contribution is -0.113. The molecule has 0 spiro atoms. The molecule has 4 aromatic rings. The maximum Gasteiger partial charge on any atom is 0.286 e. The van der Waals surface area contributed by atoms with Crippen LogP contribution in [0.15, 0.2) is 101 Å². The Morgan fingerprint density at radius 2 is 1.76 bits per heavy atom. The second-order valence-corrected chi connectivity index (χ2v) is 9.37. The quantitative estimate of drug-likeness (QED) is 0.360. The molecule has 5 nitrogen and oxygen atoms in total. The fourth-order valence-electron chi connectivity index (χ4n) is 4.14. The second kappa shape index (κ2) is 8.80. The largest absolute Gasteiger partial charge is 0.457 e. The van der Waals surface area contributed by atoms with Gasteiger partial charge in [-0.3, -0.25) is 9.78 Å². The smallest absolute Gasteiger partial charge is 0.286 e. The molecule has 34 heavy (non-hydrogen) atoms. The van der Waals surface area contributed by atoms with Crippen LogP contribution in [0.5, 0.6) is 11.5 Å². The van der Waals surface area contributed by atoms with E-state index in [0.717, 1.165) is 34.4 Å². The van der Waals surface area contributed by atoms with E-state index in [9.17, 15) is 4.79 Å². The number of fused-ring (bicyclic) bond motifs is 1. The van der Waals surface area contributed by atoms with Crippen molar-refractivity contribution in [2.45, 2.75) is 18.4 Å². The number of pyridine rings is 1. The first-order valence-electron chi connectivity index (χ1n) is 11.2. The van der Waals surface area contributed by atoms with Crippen LogP contribution >= 0.6 is 11.8 Å². The van der Waals surface area contributed by atoms with Crippen molar-refractivity contribution in [1.82, 2.24) is 10.3 Å². The van der Waals surface area contributed by atoms with Gasteiger partial charge in [-0.15, -0.1) is 0 Å². The third-order valence-electron chi connectivity index (χ3n) is 5.94. The summed E-state index contributed by atoms with van der Waals surface area (Å²) in [5.74, 6) is 1.75. The first-order chi connectivity index (χ1) is 16.7. The molecule has 1 aromatic heterocycles. The van der Waals surface area contributed by atoms with Crippen LogP contribution < -0.4 is 10.1 Å². The number of nitrogens with one attached hydrogen (secondary N) is 1. The summed E-state index contributed by atoms with van der Waals surface area (Å²) >= 11 is 1.39. The van der Waals surface area contributed by atoms with E-state index in [-0.39, 0.29) is 5.91 Å². The summed E-state index contributed by atoms with van der Waals surface area (Å²) in [6, 6.07) is 28.2. The molecule has 6 heteroatoms. The molecule has 1 saturated carbocycles. The number of amidine groups is 1. The Balaban J connectivity index is 1.19. The number of amides is 1. The molecule has 0 radical (unpaired) electrons.